The molecule has 2 bridgehead atoms. The summed E-state index contributed by atoms with van der Waals surface area (Å²) in [7, 11) is 0. The summed E-state index contributed by atoms with van der Waals surface area (Å²) in [6, 6.07) is 0.376. The first-order valence-corrected chi connectivity index (χ1v) is 5.93. The number of fused-ring (bicyclic) bond motifs is 3. The van der Waals surface area contributed by atoms with Crippen LogP contribution in [0.2, 0.25) is 4.47 Å². The monoisotopic (exact) mass is 230 g/mol. The highest BCUT2D eigenvalue weighted by atomic mass is 35.5. The third-order valence-corrected chi connectivity index (χ3v) is 3.81. The van der Waals surface area contributed by atoms with Crippen molar-refractivity contribution in [3.05, 3.63) is 10.3 Å². The lowest BCUT2D eigenvalue weighted by Crippen LogP contribution is -2.57. The fourth-order valence-corrected chi connectivity index (χ4v) is 2.87. The molecule has 0 radical (unpaired) electrons. The first kappa shape index (κ1) is 9.03. The molecule has 0 spiro atoms. The molecule has 14 heavy (non-hydrogen) atoms. The average molecular weight is 231 g/mol. The predicted molar refractivity (Wildman–Crippen MR) is 55.7 cm³/mol. The minimum atomic E-state index is 0.376. The molecule has 0 aliphatic carbocycles. The zero-order chi connectivity index (χ0) is 9.54. The van der Waals surface area contributed by atoms with Crippen molar-refractivity contribution in [3.8, 4) is 0 Å². The molecule has 4 rings (SSSR count). The molecule has 3 saturated heterocycles. The van der Waals surface area contributed by atoms with Crippen LogP contribution in [0.4, 0.5) is 0 Å². The summed E-state index contributed by atoms with van der Waals surface area (Å²) < 4.78 is 4.84. The van der Waals surface area contributed by atoms with Crippen molar-refractivity contribution in [1.29, 1.82) is 0 Å². The summed E-state index contributed by atoms with van der Waals surface area (Å²) in [4.78, 5) is 9.19. The van der Waals surface area contributed by atoms with Gasteiger partial charge in [-0.2, -0.15) is 4.37 Å². The molecule has 1 aromatic rings. The molecule has 76 valence electrons. The molecule has 0 saturated carbocycles. The van der Waals surface area contributed by atoms with Crippen molar-refractivity contribution in [2.24, 2.45) is 0 Å². The maximum absolute atomic E-state index is 5.79. The minimum absolute atomic E-state index is 0.376. The van der Waals surface area contributed by atoms with Crippen molar-refractivity contribution < 1.29 is 0 Å². The highest BCUT2D eigenvalue weighted by Gasteiger charge is 2.34. The van der Waals surface area contributed by atoms with E-state index in [1.54, 1.807) is 0 Å². The number of hydrogen-bond acceptors (Lipinski definition) is 5. The second-order valence-corrected chi connectivity index (χ2v) is 5.09. The van der Waals surface area contributed by atoms with Crippen LogP contribution in [0.25, 0.3) is 0 Å². The SMILES string of the molecule is Clc1nc(C2CN3CCN2CC3)ns1. The fraction of sp³-hybridized carbons (Fsp3) is 0.750. The zero-order valence-corrected chi connectivity index (χ0v) is 9.26. The Hall–Kier alpha value is -0.230. The lowest BCUT2D eigenvalue weighted by atomic mass is 10.1. The summed E-state index contributed by atoms with van der Waals surface area (Å²) in [6.45, 7) is 5.72. The second-order valence-electron chi connectivity index (χ2n) is 3.76. The summed E-state index contributed by atoms with van der Waals surface area (Å²) in [6.07, 6.45) is 0. The van der Waals surface area contributed by atoms with Gasteiger partial charge in [0, 0.05) is 32.7 Å². The Kier molecular flexibility index (Phi) is 2.20. The Morgan fingerprint density at radius 1 is 1.29 bits per heavy atom. The molecule has 1 aromatic heterocycles. The number of aromatic nitrogens is 2. The van der Waals surface area contributed by atoms with Gasteiger partial charge in [-0.1, -0.05) is 0 Å². The molecule has 0 aromatic carbocycles. The van der Waals surface area contributed by atoms with Crippen LogP contribution in [-0.4, -0.2) is 51.9 Å². The van der Waals surface area contributed by atoms with E-state index in [2.05, 4.69) is 19.2 Å². The number of nitrogens with zero attached hydrogens (tertiary/aromatic N) is 4. The molecule has 3 fully saturated rings. The highest BCUT2D eigenvalue weighted by Crippen LogP contribution is 2.28. The van der Waals surface area contributed by atoms with Crippen molar-refractivity contribution in [2.45, 2.75) is 6.04 Å². The van der Waals surface area contributed by atoms with Gasteiger partial charge in [-0.25, -0.2) is 4.98 Å². The van der Waals surface area contributed by atoms with Crippen LogP contribution in [-0.2, 0) is 0 Å². The molecule has 3 aliphatic rings. The Balaban J connectivity index is 1.85. The van der Waals surface area contributed by atoms with E-state index in [1.807, 2.05) is 0 Å². The molecule has 4 heterocycles. The lowest BCUT2D eigenvalue weighted by molar-refractivity contribution is 0.00915. The minimum Gasteiger partial charge on any atom is -0.299 e. The third kappa shape index (κ3) is 1.44. The molecule has 0 amide bonds. The standard InChI is InChI=1S/C8H11ClN4S/c9-8-10-7(11-14-8)6-5-12-1-3-13(6)4-2-12/h6H,1-5H2. The van der Waals surface area contributed by atoms with E-state index >= 15 is 0 Å². The largest absolute Gasteiger partial charge is 0.299 e. The van der Waals surface area contributed by atoms with Gasteiger partial charge in [-0.3, -0.25) is 9.80 Å². The Morgan fingerprint density at radius 3 is 2.57 bits per heavy atom. The Bertz CT molecular complexity index is 334. The van der Waals surface area contributed by atoms with E-state index < -0.39 is 0 Å². The van der Waals surface area contributed by atoms with Gasteiger partial charge in [0.15, 0.2) is 5.82 Å². The van der Waals surface area contributed by atoms with E-state index in [4.69, 9.17) is 11.6 Å². The number of hydrogen-bond donors (Lipinski definition) is 0. The van der Waals surface area contributed by atoms with Crippen LogP contribution in [0.15, 0.2) is 0 Å². The van der Waals surface area contributed by atoms with E-state index in [0.717, 1.165) is 25.5 Å². The number of piperazine rings is 3. The normalized spacial score (nSPS) is 36.2. The van der Waals surface area contributed by atoms with Gasteiger partial charge in [-0.05, 0) is 23.1 Å². The maximum atomic E-state index is 5.79. The van der Waals surface area contributed by atoms with Crippen molar-refractivity contribution in [2.75, 3.05) is 32.7 Å². The van der Waals surface area contributed by atoms with Crippen LogP contribution in [0.5, 0.6) is 0 Å². The molecule has 1 unspecified atom stereocenters. The molecule has 4 nitrogen and oxygen atoms in total. The van der Waals surface area contributed by atoms with Gasteiger partial charge < -0.3 is 0 Å². The molecular weight excluding hydrogens is 220 g/mol. The highest BCUT2D eigenvalue weighted by molar-refractivity contribution is 7.10. The molecule has 3 aliphatic heterocycles. The second kappa shape index (κ2) is 3.41. The molecule has 6 heteroatoms. The van der Waals surface area contributed by atoms with Gasteiger partial charge in [0.2, 0.25) is 4.47 Å². The molecular formula is C8H11ClN4S. The van der Waals surface area contributed by atoms with Gasteiger partial charge in [0.05, 0.1) is 6.04 Å². The topological polar surface area (TPSA) is 32.3 Å². The van der Waals surface area contributed by atoms with E-state index in [9.17, 15) is 0 Å². The van der Waals surface area contributed by atoms with Gasteiger partial charge in [0.25, 0.3) is 0 Å². The van der Waals surface area contributed by atoms with Gasteiger partial charge >= 0.3 is 0 Å². The van der Waals surface area contributed by atoms with Crippen LogP contribution in [0.1, 0.15) is 11.9 Å². The van der Waals surface area contributed by atoms with Crippen LogP contribution in [0, 0.1) is 0 Å². The summed E-state index contributed by atoms with van der Waals surface area (Å²) >= 11 is 7.08. The maximum Gasteiger partial charge on any atom is 0.203 e. The average Bonchev–Trinajstić information content (AvgIpc) is 2.66. The Morgan fingerprint density at radius 2 is 2.07 bits per heavy atom. The number of rotatable bonds is 1. The van der Waals surface area contributed by atoms with Crippen LogP contribution < -0.4 is 0 Å². The first-order chi connectivity index (χ1) is 6.83. The van der Waals surface area contributed by atoms with E-state index in [0.29, 0.717) is 10.5 Å². The van der Waals surface area contributed by atoms with Crippen molar-refractivity contribution in [1.82, 2.24) is 19.2 Å². The van der Waals surface area contributed by atoms with Crippen molar-refractivity contribution in [3.63, 3.8) is 0 Å². The first-order valence-electron chi connectivity index (χ1n) is 4.78. The van der Waals surface area contributed by atoms with Gasteiger partial charge in [-0.15, -0.1) is 0 Å². The third-order valence-electron chi connectivity index (χ3n) is 2.99. The van der Waals surface area contributed by atoms with E-state index in [-0.39, 0.29) is 0 Å². The van der Waals surface area contributed by atoms with Crippen LogP contribution in [0.3, 0.4) is 0 Å². The molecule has 1 atom stereocenters. The summed E-state index contributed by atoms with van der Waals surface area (Å²) in [5, 5.41) is 0. The fourth-order valence-electron chi connectivity index (χ4n) is 2.21. The summed E-state index contributed by atoms with van der Waals surface area (Å²) in [5.74, 6) is 0.907. The smallest absolute Gasteiger partial charge is 0.203 e. The lowest BCUT2D eigenvalue weighted by Gasteiger charge is -2.46. The predicted octanol–water partition coefficient (Wildman–Crippen LogP) is 0.864. The molecule has 0 N–H and O–H groups in total. The van der Waals surface area contributed by atoms with E-state index in [1.165, 1.54) is 24.6 Å². The van der Waals surface area contributed by atoms with Crippen LogP contribution >= 0.6 is 23.1 Å². The Labute approximate surface area is 91.7 Å². The summed E-state index contributed by atoms with van der Waals surface area (Å²) in [5.41, 5.74) is 0. The van der Waals surface area contributed by atoms with Gasteiger partial charge in [0.1, 0.15) is 0 Å². The number of halogens is 1. The zero-order valence-electron chi connectivity index (χ0n) is 7.69. The van der Waals surface area contributed by atoms with Crippen molar-refractivity contribution >= 4 is 23.1 Å². The quantitative estimate of drug-likeness (QED) is 0.717.